The van der Waals surface area contributed by atoms with Crippen molar-refractivity contribution in [1.29, 1.82) is 0 Å². The summed E-state index contributed by atoms with van der Waals surface area (Å²) in [6.07, 6.45) is 1.68. The number of aromatic nitrogens is 1. The average Bonchev–Trinajstić information content (AvgIpc) is 2.17. The minimum absolute atomic E-state index is 0.618. The zero-order chi connectivity index (χ0) is 9.98. The molecule has 0 aromatic carbocycles. The van der Waals surface area contributed by atoms with Crippen LogP contribution in [0.4, 0.5) is 5.82 Å². The number of anilines is 1. The van der Waals surface area contributed by atoms with Crippen molar-refractivity contribution in [3.8, 4) is 0 Å². The molecule has 0 saturated carbocycles. The van der Waals surface area contributed by atoms with Crippen molar-refractivity contribution in [2.75, 3.05) is 5.73 Å². The van der Waals surface area contributed by atoms with Crippen LogP contribution in [0.3, 0.4) is 0 Å². The van der Waals surface area contributed by atoms with Gasteiger partial charge in [0.25, 0.3) is 0 Å². The van der Waals surface area contributed by atoms with Crippen LogP contribution in [-0.4, -0.2) is 4.98 Å². The lowest BCUT2D eigenvalue weighted by atomic mass is 10.3. The topological polar surface area (TPSA) is 38.9 Å². The van der Waals surface area contributed by atoms with E-state index in [1.807, 2.05) is 46.8 Å². The highest BCUT2D eigenvalue weighted by Crippen LogP contribution is 2.01. The minimum Gasteiger partial charge on any atom is -0.383 e. The van der Waals surface area contributed by atoms with Crippen LogP contribution in [0.2, 0.25) is 0 Å². The van der Waals surface area contributed by atoms with Crippen LogP contribution >= 0.6 is 0 Å². The van der Waals surface area contributed by atoms with Crippen LogP contribution in [0.25, 0.3) is 0 Å². The van der Waals surface area contributed by atoms with Crippen molar-refractivity contribution in [2.45, 2.75) is 34.6 Å². The number of hydrogen-bond donors (Lipinski definition) is 1. The lowest BCUT2D eigenvalue weighted by molar-refractivity contribution is 1.28. The van der Waals surface area contributed by atoms with Gasteiger partial charge in [-0.3, -0.25) is 0 Å². The molecule has 2 nitrogen and oxygen atoms in total. The van der Waals surface area contributed by atoms with Gasteiger partial charge in [-0.2, -0.15) is 0 Å². The van der Waals surface area contributed by atoms with Crippen LogP contribution in [0.5, 0.6) is 0 Å². The van der Waals surface area contributed by atoms with E-state index in [9.17, 15) is 0 Å². The highest BCUT2D eigenvalue weighted by Gasteiger charge is 1.86. The maximum absolute atomic E-state index is 5.41. The standard InChI is InChI=1S/C6H8N2.2C2H6/c1-5-3-2-4-8-6(5)7;2*1-2/h2-4H,1H3,(H2,7,8);2*1-2H3. The Kier molecular flexibility index (Phi) is 11.2. The third kappa shape index (κ3) is 5.71. The first kappa shape index (κ1) is 13.5. The van der Waals surface area contributed by atoms with Crippen molar-refractivity contribution >= 4 is 5.82 Å². The molecule has 1 rings (SSSR count). The fourth-order valence-corrected chi connectivity index (χ4v) is 0.498. The molecule has 0 spiro atoms. The van der Waals surface area contributed by atoms with E-state index in [-0.39, 0.29) is 0 Å². The predicted molar refractivity (Wildman–Crippen MR) is 56.1 cm³/mol. The molecule has 1 aromatic heterocycles. The fraction of sp³-hybridized carbons (Fsp3) is 0.500. The third-order valence-corrected chi connectivity index (χ3v) is 1.05. The molecule has 0 fully saturated rings. The molecule has 0 unspecified atom stereocenters. The van der Waals surface area contributed by atoms with Crippen molar-refractivity contribution < 1.29 is 0 Å². The van der Waals surface area contributed by atoms with E-state index >= 15 is 0 Å². The normalized spacial score (nSPS) is 7.08. The summed E-state index contributed by atoms with van der Waals surface area (Å²) >= 11 is 0. The summed E-state index contributed by atoms with van der Waals surface area (Å²) < 4.78 is 0. The van der Waals surface area contributed by atoms with E-state index in [0.717, 1.165) is 5.56 Å². The first-order valence-electron chi connectivity index (χ1n) is 4.48. The quantitative estimate of drug-likeness (QED) is 0.646. The summed E-state index contributed by atoms with van der Waals surface area (Å²) in [4.78, 5) is 3.86. The van der Waals surface area contributed by atoms with E-state index < -0.39 is 0 Å². The lowest BCUT2D eigenvalue weighted by Crippen LogP contribution is -1.90. The van der Waals surface area contributed by atoms with Crippen molar-refractivity contribution in [1.82, 2.24) is 4.98 Å². The molecule has 0 aliphatic carbocycles. The molecule has 0 atom stereocenters. The van der Waals surface area contributed by atoms with Gasteiger partial charge in [-0.25, -0.2) is 4.98 Å². The molecule has 0 radical (unpaired) electrons. The highest BCUT2D eigenvalue weighted by atomic mass is 14.8. The number of pyridine rings is 1. The smallest absolute Gasteiger partial charge is 0.126 e. The van der Waals surface area contributed by atoms with Gasteiger partial charge in [0.15, 0.2) is 0 Å². The van der Waals surface area contributed by atoms with Crippen LogP contribution in [0, 0.1) is 6.92 Å². The van der Waals surface area contributed by atoms with Gasteiger partial charge in [-0.1, -0.05) is 33.8 Å². The van der Waals surface area contributed by atoms with E-state index in [0.29, 0.717) is 5.82 Å². The largest absolute Gasteiger partial charge is 0.383 e. The van der Waals surface area contributed by atoms with Crippen molar-refractivity contribution in [3.05, 3.63) is 23.9 Å². The monoisotopic (exact) mass is 168 g/mol. The van der Waals surface area contributed by atoms with Gasteiger partial charge in [0.05, 0.1) is 0 Å². The first-order chi connectivity index (χ1) is 5.80. The summed E-state index contributed by atoms with van der Waals surface area (Å²) in [6.45, 7) is 9.93. The molecular weight excluding hydrogens is 148 g/mol. The average molecular weight is 168 g/mol. The Bertz CT molecular complexity index is 164. The Hall–Kier alpha value is -1.05. The second-order valence-electron chi connectivity index (χ2n) is 1.71. The third-order valence-electron chi connectivity index (χ3n) is 1.05. The molecule has 0 bridgehead atoms. The Morgan fingerprint density at radius 2 is 1.67 bits per heavy atom. The molecule has 0 amide bonds. The second-order valence-corrected chi connectivity index (χ2v) is 1.71. The molecule has 2 N–H and O–H groups in total. The molecule has 12 heavy (non-hydrogen) atoms. The molecule has 0 saturated heterocycles. The number of nitrogens with two attached hydrogens (primary N) is 1. The fourth-order valence-electron chi connectivity index (χ4n) is 0.498. The lowest BCUT2D eigenvalue weighted by Gasteiger charge is -1.92. The van der Waals surface area contributed by atoms with Crippen LogP contribution < -0.4 is 5.73 Å². The van der Waals surface area contributed by atoms with Gasteiger partial charge in [0.2, 0.25) is 0 Å². The highest BCUT2D eigenvalue weighted by molar-refractivity contribution is 5.36. The zero-order valence-electron chi connectivity index (χ0n) is 8.76. The SMILES string of the molecule is CC.CC.Cc1cccnc1N. The summed E-state index contributed by atoms with van der Waals surface area (Å²) in [7, 11) is 0. The summed E-state index contributed by atoms with van der Waals surface area (Å²) in [5.41, 5.74) is 6.44. The molecule has 2 heteroatoms. The van der Waals surface area contributed by atoms with Crippen LogP contribution in [-0.2, 0) is 0 Å². The van der Waals surface area contributed by atoms with E-state index in [4.69, 9.17) is 5.73 Å². The molecule has 70 valence electrons. The molecule has 0 aliphatic heterocycles. The maximum atomic E-state index is 5.41. The second kappa shape index (κ2) is 9.95. The predicted octanol–water partition coefficient (Wildman–Crippen LogP) is 3.02. The van der Waals surface area contributed by atoms with Crippen molar-refractivity contribution in [3.63, 3.8) is 0 Å². The Labute approximate surface area is 75.8 Å². The number of nitrogens with zero attached hydrogens (tertiary/aromatic N) is 1. The number of rotatable bonds is 0. The van der Waals surface area contributed by atoms with Gasteiger partial charge in [0, 0.05) is 6.20 Å². The number of aryl methyl sites for hydroxylation is 1. The van der Waals surface area contributed by atoms with E-state index in [2.05, 4.69) is 4.98 Å². The van der Waals surface area contributed by atoms with Crippen LogP contribution in [0.15, 0.2) is 18.3 Å². The van der Waals surface area contributed by atoms with Gasteiger partial charge in [-0.15, -0.1) is 0 Å². The molecular formula is C10H20N2. The van der Waals surface area contributed by atoms with Gasteiger partial charge >= 0.3 is 0 Å². The van der Waals surface area contributed by atoms with Gasteiger partial charge in [-0.05, 0) is 18.6 Å². The van der Waals surface area contributed by atoms with Crippen molar-refractivity contribution in [2.24, 2.45) is 0 Å². The summed E-state index contributed by atoms with van der Waals surface area (Å²) in [5.74, 6) is 0.618. The Morgan fingerprint density at radius 1 is 1.17 bits per heavy atom. The zero-order valence-corrected chi connectivity index (χ0v) is 8.76. The molecule has 0 aliphatic rings. The summed E-state index contributed by atoms with van der Waals surface area (Å²) in [5, 5.41) is 0. The summed E-state index contributed by atoms with van der Waals surface area (Å²) in [6, 6.07) is 3.80. The van der Waals surface area contributed by atoms with Gasteiger partial charge < -0.3 is 5.73 Å². The van der Waals surface area contributed by atoms with Gasteiger partial charge in [0.1, 0.15) is 5.82 Å². The minimum atomic E-state index is 0.618. The first-order valence-corrected chi connectivity index (χ1v) is 4.48. The number of nitrogen functional groups attached to an aromatic ring is 1. The Balaban J connectivity index is 0. The van der Waals surface area contributed by atoms with E-state index in [1.165, 1.54) is 0 Å². The van der Waals surface area contributed by atoms with E-state index in [1.54, 1.807) is 6.20 Å². The molecule has 1 heterocycles. The Morgan fingerprint density at radius 3 is 1.92 bits per heavy atom. The molecule has 1 aromatic rings. The van der Waals surface area contributed by atoms with Crippen LogP contribution in [0.1, 0.15) is 33.3 Å². The maximum Gasteiger partial charge on any atom is 0.126 e. The number of hydrogen-bond acceptors (Lipinski definition) is 2.